The second-order valence-corrected chi connectivity index (χ2v) is 4.03. The van der Waals surface area contributed by atoms with E-state index in [1.54, 1.807) is 18.9 Å². The molecule has 0 aromatic carbocycles. The number of hydrogen-bond donors (Lipinski definition) is 2. The van der Waals surface area contributed by atoms with E-state index in [9.17, 15) is 9.59 Å². The fourth-order valence-electron chi connectivity index (χ4n) is 1.63. The summed E-state index contributed by atoms with van der Waals surface area (Å²) in [5.41, 5.74) is 0. The minimum absolute atomic E-state index is 0.0531. The number of nitrogens with one attached hydrogen (secondary N) is 1. The molecule has 0 bridgehead atoms. The summed E-state index contributed by atoms with van der Waals surface area (Å²) in [5, 5.41) is 11.2. The Bertz CT molecular complexity index is 239. The molecule has 16 heavy (non-hydrogen) atoms. The molecule has 0 aliphatic carbocycles. The van der Waals surface area contributed by atoms with E-state index in [-0.39, 0.29) is 24.5 Å². The molecule has 2 N–H and O–H groups in total. The molecule has 0 rings (SSSR count). The van der Waals surface area contributed by atoms with E-state index in [0.717, 1.165) is 12.8 Å². The van der Waals surface area contributed by atoms with Gasteiger partial charge in [-0.3, -0.25) is 4.79 Å². The van der Waals surface area contributed by atoms with Gasteiger partial charge in [-0.15, -0.1) is 0 Å². The third-order valence-corrected chi connectivity index (χ3v) is 2.66. The number of carboxylic acids is 1. The highest BCUT2D eigenvalue weighted by Gasteiger charge is 2.18. The molecule has 94 valence electrons. The Morgan fingerprint density at radius 1 is 1.31 bits per heavy atom. The minimum atomic E-state index is -0.905. The third kappa shape index (κ3) is 5.00. The Morgan fingerprint density at radius 3 is 2.19 bits per heavy atom. The van der Waals surface area contributed by atoms with Crippen molar-refractivity contribution < 1.29 is 14.7 Å². The van der Waals surface area contributed by atoms with Gasteiger partial charge in [0.2, 0.25) is 0 Å². The number of carbonyl (C=O) groups is 2. The van der Waals surface area contributed by atoms with Crippen molar-refractivity contribution in [3.05, 3.63) is 0 Å². The summed E-state index contributed by atoms with van der Waals surface area (Å²) in [6, 6.07) is -0.346. The summed E-state index contributed by atoms with van der Waals surface area (Å²) in [5.74, 6) is -0.905. The number of urea groups is 1. The van der Waals surface area contributed by atoms with Gasteiger partial charge in [-0.25, -0.2) is 4.79 Å². The van der Waals surface area contributed by atoms with Gasteiger partial charge in [-0.05, 0) is 19.8 Å². The summed E-state index contributed by atoms with van der Waals surface area (Å²) < 4.78 is 0. The summed E-state index contributed by atoms with van der Waals surface area (Å²) in [7, 11) is 1.74. The molecule has 5 heteroatoms. The predicted molar refractivity (Wildman–Crippen MR) is 62.4 cm³/mol. The number of aliphatic carboxylic acids is 1. The number of amides is 2. The van der Waals surface area contributed by atoms with E-state index in [0.29, 0.717) is 0 Å². The lowest BCUT2D eigenvalue weighted by molar-refractivity contribution is -0.137. The van der Waals surface area contributed by atoms with Crippen LogP contribution in [0.1, 0.15) is 40.0 Å². The molecule has 0 aliphatic rings. The van der Waals surface area contributed by atoms with Gasteiger partial charge >= 0.3 is 12.0 Å². The molecule has 0 aromatic heterocycles. The van der Waals surface area contributed by atoms with Gasteiger partial charge in [0.1, 0.15) is 0 Å². The minimum Gasteiger partial charge on any atom is -0.481 e. The number of nitrogens with zero attached hydrogens (tertiary/aromatic N) is 1. The predicted octanol–water partition coefficient (Wildman–Crippen LogP) is 1.68. The van der Waals surface area contributed by atoms with E-state index in [2.05, 4.69) is 5.32 Å². The fourth-order valence-corrected chi connectivity index (χ4v) is 1.63. The largest absolute Gasteiger partial charge is 0.481 e. The van der Waals surface area contributed by atoms with Crippen LogP contribution in [0.2, 0.25) is 0 Å². The Morgan fingerprint density at radius 2 is 1.81 bits per heavy atom. The van der Waals surface area contributed by atoms with Crippen LogP contribution in [-0.2, 0) is 4.79 Å². The van der Waals surface area contributed by atoms with Gasteiger partial charge in [0, 0.05) is 19.1 Å². The highest BCUT2D eigenvalue weighted by Crippen LogP contribution is 2.06. The number of rotatable bonds is 6. The molecule has 0 aromatic rings. The average molecular weight is 230 g/mol. The molecule has 0 radical (unpaired) electrons. The normalized spacial score (nSPS) is 12.3. The first-order valence-corrected chi connectivity index (χ1v) is 5.67. The topological polar surface area (TPSA) is 69.6 Å². The van der Waals surface area contributed by atoms with E-state index in [4.69, 9.17) is 5.11 Å². The maximum absolute atomic E-state index is 11.7. The lowest BCUT2D eigenvalue weighted by atomic mass is 10.1. The zero-order chi connectivity index (χ0) is 12.7. The Labute approximate surface area is 96.8 Å². The second-order valence-electron chi connectivity index (χ2n) is 4.03. The Balaban J connectivity index is 4.18. The molecule has 0 aliphatic heterocycles. The van der Waals surface area contributed by atoms with E-state index < -0.39 is 5.97 Å². The third-order valence-electron chi connectivity index (χ3n) is 2.66. The van der Waals surface area contributed by atoms with Gasteiger partial charge in [-0.2, -0.15) is 0 Å². The van der Waals surface area contributed by atoms with Crippen molar-refractivity contribution >= 4 is 12.0 Å². The first kappa shape index (κ1) is 14.7. The van der Waals surface area contributed by atoms with Crippen molar-refractivity contribution in [1.82, 2.24) is 10.2 Å². The van der Waals surface area contributed by atoms with Crippen molar-refractivity contribution in [3.63, 3.8) is 0 Å². The lowest BCUT2D eigenvalue weighted by Crippen LogP contribution is -2.46. The van der Waals surface area contributed by atoms with Crippen LogP contribution >= 0.6 is 0 Å². The Hall–Kier alpha value is -1.26. The van der Waals surface area contributed by atoms with Crippen molar-refractivity contribution in [1.29, 1.82) is 0 Å². The standard InChI is InChI=1S/C11H22N2O3/c1-5-9(6-2)13(4)11(16)12-8(3)7-10(14)15/h8-9H,5-7H2,1-4H3,(H,12,16)(H,14,15). The monoisotopic (exact) mass is 230 g/mol. The summed E-state index contributed by atoms with van der Waals surface area (Å²) >= 11 is 0. The zero-order valence-electron chi connectivity index (χ0n) is 10.5. The molecule has 1 atom stereocenters. The van der Waals surface area contributed by atoms with Crippen molar-refractivity contribution in [2.45, 2.75) is 52.1 Å². The smallest absolute Gasteiger partial charge is 0.317 e. The van der Waals surface area contributed by atoms with E-state index >= 15 is 0 Å². The molecule has 0 spiro atoms. The van der Waals surface area contributed by atoms with Crippen LogP contribution in [0.3, 0.4) is 0 Å². The van der Waals surface area contributed by atoms with Gasteiger partial charge in [0.05, 0.1) is 6.42 Å². The molecular weight excluding hydrogens is 208 g/mol. The van der Waals surface area contributed by atoms with Crippen LogP contribution in [0.25, 0.3) is 0 Å². The summed E-state index contributed by atoms with van der Waals surface area (Å²) in [6.45, 7) is 5.74. The van der Waals surface area contributed by atoms with Crippen LogP contribution in [0, 0.1) is 0 Å². The SMILES string of the molecule is CCC(CC)N(C)C(=O)NC(C)CC(=O)O. The quantitative estimate of drug-likeness (QED) is 0.729. The van der Waals surface area contributed by atoms with Crippen molar-refractivity contribution in [2.24, 2.45) is 0 Å². The van der Waals surface area contributed by atoms with Crippen LogP contribution in [-0.4, -0.2) is 41.1 Å². The maximum atomic E-state index is 11.7. The van der Waals surface area contributed by atoms with E-state index in [1.165, 1.54) is 0 Å². The average Bonchev–Trinajstić information content (AvgIpc) is 2.17. The van der Waals surface area contributed by atoms with Gasteiger partial charge in [-0.1, -0.05) is 13.8 Å². The van der Waals surface area contributed by atoms with Crippen molar-refractivity contribution in [2.75, 3.05) is 7.05 Å². The number of carboxylic acid groups (broad SMARTS) is 1. The molecule has 0 saturated carbocycles. The highest BCUT2D eigenvalue weighted by atomic mass is 16.4. The van der Waals surface area contributed by atoms with Gasteiger partial charge < -0.3 is 15.3 Å². The maximum Gasteiger partial charge on any atom is 0.317 e. The highest BCUT2D eigenvalue weighted by molar-refractivity contribution is 5.75. The number of hydrogen-bond acceptors (Lipinski definition) is 2. The zero-order valence-corrected chi connectivity index (χ0v) is 10.5. The molecule has 0 saturated heterocycles. The molecule has 1 unspecified atom stereocenters. The molecule has 2 amide bonds. The molecule has 0 fully saturated rings. The summed E-state index contributed by atoms with van der Waals surface area (Å²) in [4.78, 5) is 23.8. The van der Waals surface area contributed by atoms with Crippen LogP contribution in [0.5, 0.6) is 0 Å². The van der Waals surface area contributed by atoms with Gasteiger partial charge in [0.15, 0.2) is 0 Å². The van der Waals surface area contributed by atoms with Gasteiger partial charge in [0.25, 0.3) is 0 Å². The Kier molecular flexibility index (Phi) is 6.53. The second kappa shape index (κ2) is 7.09. The number of carbonyl (C=O) groups excluding carboxylic acids is 1. The van der Waals surface area contributed by atoms with Crippen LogP contribution < -0.4 is 5.32 Å². The first-order valence-electron chi connectivity index (χ1n) is 5.67. The van der Waals surface area contributed by atoms with Crippen molar-refractivity contribution in [3.8, 4) is 0 Å². The molecule has 5 nitrogen and oxygen atoms in total. The summed E-state index contributed by atoms with van der Waals surface area (Å²) in [6.07, 6.45) is 1.74. The molecular formula is C11H22N2O3. The van der Waals surface area contributed by atoms with Crippen LogP contribution in [0.15, 0.2) is 0 Å². The fraction of sp³-hybridized carbons (Fsp3) is 0.818. The van der Waals surface area contributed by atoms with Crippen LogP contribution in [0.4, 0.5) is 4.79 Å². The molecule has 0 heterocycles. The first-order chi connectivity index (χ1) is 7.42. The van der Waals surface area contributed by atoms with E-state index in [1.807, 2.05) is 13.8 Å². The lowest BCUT2D eigenvalue weighted by Gasteiger charge is -2.27.